The van der Waals surface area contributed by atoms with Crippen LogP contribution in [0.15, 0.2) is 24.3 Å². The minimum absolute atomic E-state index is 0.206. The summed E-state index contributed by atoms with van der Waals surface area (Å²) in [4.78, 5) is 0. The highest BCUT2D eigenvalue weighted by Crippen LogP contribution is 2.15. The quantitative estimate of drug-likeness (QED) is 0.832. The third kappa shape index (κ3) is 5.12. The predicted octanol–water partition coefficient (Wildman–Crippen LogP) is 2.38. The Bertz CT molecular complexity index is 364. The normalized spacial score (nSPS) is 16.8. The van der Waals surface area contributed by atoms with Gasteiger partial charge < -0.3 is 15.4 Å². The minimum atomic E-state index is -2.76. The number of piperidine rings is 1. The molecule has 0 atom stereocenters. The Balaban J connectivity index is 1.70. The van der Waals surface area contributed by atoms with Crippen LogP contribution < -0.4 is 15.4 Å². The summed E-state index contributed by atoms with van der Waals surface area (Å²) in [6.07, 6.45) is 2.43. The monoisotopic (exact) mass is 270 g/mol. The van der Waals surface area contributed by atoms with Crippen molar-refractivity contribution in [3.63, 3.8) is 0 Å². The van der Waals surface area contributed by atoms with Crippen LogP contribution in [0, 0.1) is 5.92 Å². The third-order valence-corrected chi connectivity index (χ3v) is 3.37. The first-order chi connectivity index (χ1) is 9.24. The van der Waals surface area contributed by atoms with E-state index in [1.165, 1.54) is 12.8 Å². The van der Waals surface area contributed by atoms with Crippen LogP contribution in [-0.4, -0.2) is 26.2 Å². The molecule has 0 unspecified atom stereocenters. The Morgan fingerprint density at radius 2 is 1.89 bits per heavy atom. The van der Waals surface area contributed by atoms with Crippen LogP contribution >= 0.6 is 0 Å². The molecular formula is C14H20F2N2O. The van der Waals surface area contributed by atoms with Crippen LogP contribution in [-0.2, 0) is 6.54 Å². The van der Waals surface area contributed by atoms with E-state index < -0.39 is 6.61 Å². The number of halogens is 2. The maximum Gasteiger partial charge on any atom is 0.387 e. The number of hydrogen-bond acceptors (Lipinski definition) is 3. The summed E-state index contributed by atoms with van der Waals surface area (Å²) in [6.45, 7) is 1.22. The lowest BCUT2D eigenvalue weighted by Crippen LogP contribution is -2.33. The zero-order chi connectivity index (χ0) is 13.5. The molecule has 1 aromatic rings. The zero-order valence-corrected chi connectivity index (χ0v) is 10.9. The summed E-state index contributed by atoms with van der Waals surface area (Å²) in [7, 11) is 0. The molecule has 1 aliphatic rings. The molecule has 5 heteroatoms. The van der Waals surface area contributed by atoms with Crippen molar-refractivity contribution in [3.05, 3.63) is 29.8 Å². The summed E-state index contributed by atoms with van der Waals surface area (Å²) >= 11 is 0. The van der Waals surface area contributed by atoms with E-state index in [0.29, 0.717) is 0 Å². The maximum atomic E-state index is 12.0. The molecule has 0 aliphatic carbocycles. The standard InChI is InChI=1S/C14H20F2N2O/c15-14(16)19-13-3-1-11(2-4-13)9-18-10-12-5-7-17-8-6-12/h1-4,12,14,17-18H,5-10H2. The van der Waals surface area contributed by atoms with E-state index in [9.17, 15) is 8.78 Å². The molecular weight excluding hydrogens is 250 g/mol. The number of benzene rings is 1. The topological polar surface area (TPSA) is 33.3 Å². The second-order valence-electron chi connectivity index (χ2n) is 4.85. The molecule has 0 bridgehead atoms. The molecule has 0 amide bonds. The molecule has 1 heterocycles. The Kier molecular flexibility index (Phi) is 5.54. The molecule has 106 valence electrons. The average molecular weight is 270 g/mol. The van der Waals surface area contributed by atoms with E-state index in [2.05, 4.69) is 15.4 Å². The first kappa shape index (κ1) is 14.2. The predicted molar refractivity (Wildman–Crippen MR) is 70.4 cm³/mol. The fourth-order valence-corrected chi connectivity index (χ4v) is 2.30. The molecule has 1 saturated heterocycles. The Morgan fingerprint density at radius 3 is 2.53 bits per heavy atom. The van der Waals surface area contributed by atoms with Crippen molar-refractivity contribution < 1.29 is 13.5 Å². The van der Waals surface area contributed by atoms with E-state index in [1.54, 1.807) is 12.1 Å². The van der Waals surface area contributed by atoms with Gasteiger partial charge in [0.05, 0.1) is 0 Å². The van der Waals surface area contributed by atoms with Gasteiger partial charge in [-0.25, -0.2) is 0 Å². The van der Waals surface area contributed by atoms with Gasteiger partial charge in [-0.05, 0) is 56.1 Å². The van der Waals surface area contributed by atoms with Crippen molar-refractivity contribution in [3.8, 4) is 5.75 Å². The van der Waals surface area contributed by atoms with Gasteiger partial charge in [0.15, 0.2) is 0 Å². The van der Waals surface area contributed by atoms with Gasteiger partial charge >= 0.3 is 6.61 Å². The van der Waals surface area contributed by atoms with Crippen molar-refractivity contribution in [2.75, 3.05) is 19.6 Å². The van der Waals surface area contributed by atoms with Gasteiger partial charge in [0.1, 0.15) is 5.75 Å². The highest BCUT2D eigenvalue weighted by molar-refractivity contribution is 5.27. The molecule has 0 aromatic heterocycles. The van der Waals surface area contributed by atoms with Crippen molar-refractivity contribution in [2.24, 2.45) is 5.92 Å². The number of ether oxygens (including phenoxy) is 1. The SMILES string of the molecule is FC(F)Oc1ccc(CNCC2CCNCC2)cc1. The van der Waals surface area contributed by atoms with Gasteiger partial charge in [-0.2, -0.15) is 8.78 Å². The molecule has 19 heavy (non-hydrogen) atoms. The van der Waals surface area contributed by atoms with Gasteiger partial charge in [-0.1, -0.05) is 12.1 Å². The first-order valence-electron chi connectivity index (χ1n) is 6.69. The third-order valence-electron chi connectivity index (χ3n) is 3.37. The lowest BCUT2D eigenvalue weighted by Gasteiger charge is -2.22. The van der Waals surface area contributed by atoms with Crippen LogP contribution in [0.3, 0.4) is 0 Å². The lowest BCUT2D eigenvalue weighted by molar-refractivity contribution is -0.0498. The molecule has 1 aromatic carbocycles. The fraction of sp³-hybridized carbons (Fsp3) is 0.571. The second-order valence-corrected chi connectivity index (χ2v) is 4.85. The summed E-state index contributed by atoms with van der Waals surface area (Å²) < 4.78 is 28.3. The van der Waals surface area contributed by atoms with Gasteiger partial charge in [0, 0.05) is 6.54 Å². The van der Waals surface area contributed by atoms with E-state index in [-0.39, 0.29) is 5.75 Å². The smallest absolute Gasteiger partial charge is 0.387 e. The van der Waals surface area contributed by atoms with Gasteiger partial charge in [-0.15, -0.1) is 0 Å². The highest BCUT2D eigenvalue weighted by atomic mass is 19.3. The van der Waals surface area contributed by atoms with Gasteiger partial charge in [-0.3, -0.25) is 0 Å². The Hall–Kier alpha value is -1.20. The molecule has 2 rings (SSSR count). The van der Waals surface area contributed by atoms with E-state index in [4.69, 9.17) is 0 Å². The maximum absolute atomic E-state index is 12.0. The molecule has 3 nitrogen and oxygen atoms in total. The van der Waals surface area contributed by atoms with Gasteiger partial charge in [0.2, 0.25) is 0 Å². The van der Waals surface area contributed by atoms with Crippen LogP contribution in [0.5, 0.6) is 5.75 Å². The van der Waals surface area contributed by atoms with Gasteiger partial charge in [0.25, 0.3) is 0 Å². The number of alkyl halides is 2. The van der Waals surface area contributed by atoms with Crippen molar-refractivity contribution in [1.29, 1.82) is 0 Å². The second kappa shape index (κ2) is 7.40. The van der Waals surface area contributed by atoms with Crippen LogP contribution in [0.25, 0.3) is 0 Å². The Morgan fingerprint density at radius 1 is 1.21 bits per heavy atom. The summed E-state index contributed by atoms with van der Waals surface area (Å²) in [5.74, 6) is 0.944. The number of hydrogen-bond donors (Lipinski definition) is 2. The first-order valence-corrected chi connectivity index (χ1v) is 6.69. The number of nitrogens with one attached hydrogen (secondary N) is 2. The zero-order valence-electron chi connectivity index (χ0n) is 10.9. The molecule has 1 aliphatic heterocycles. The van der Waals surface area contributed by atoms with Crippen molar-refractivity contribution in [1.82, 2.24) is 10.6 Å². The average Bonchev–Trinajstić information content (AvgIpc) is 2.41. The van der Waals surface area contributed by atoms with E-state index >= 15 is 0 Å². The lowest BCUT2D eigenvalue weighted by atomic mass is 9.98. The molecule has 1 fully saturated rings. The summed E-state index contributed by atoms with van der Waals surface area (Å²) in [5.41, 5.74) is 1.08. The summed E-state index contributed by atoms with van der Waals surface area (Å²) in [5, 5.41) is 6.76. The molecule has 0 saturated carbocycles. The highest BCUT2D eigenvalue weighted by Gasteiger charge is 2.12. The van der Waals surface area contributed by atoms with E-state index in [0.717, 1.165) is 37.7 Å². The number of rotatable bonds is 6. The van der Waals surface area contributed by atoms with Crippen LogP contribution in [0.4, 0.5) is 8.78 Å². The fourth-order valence-electron chi connectivity index (χ4n) is 2.30. The van der Waals surface area contributed by atoms with Crippen molar-refractivity contribution in [2.45, 2.75) is 26.0 Å². The van der Waals surface area contributed by atoms with Crippen molar-refractivity contribution >= 4 is 0 Å². The minimum Gasteiger partial charge on any atom is -0.435 e. The summed E-state index contributed by atoms with van der Waals surface area (Å²) in [6, 6.07) is 6.78. The molecule has 0 spiro atoms. The molecule has 2 N–H and O–H groups in total. The van der Waals surface area contributed by atoms with Crippen LogP contribution in [0.2, 0.25) is 0 Å². The Labute approximate surface area is 112 Å². The van der Waals surface area contributed by atoms with E-state index in [1.807, 2.05) is 12.1 Å². The van der Waals surface area contributed by atoms with Crippen LogP contribution in [0.1, 0.15) is 18.4 Å². The molecule has 0 radical (unpaired) electrons. The largest absolute Gasteiger partial charge is 0.435 e.